The van der Waals surface area contributed by atoms with Crippen LogP contribution in [0.25, 0.3) is 22.4 Å². The number of carbonyl (C=O) groups excluding carboxylic acids is 2. The van der Waals surface area contributed by atoms with Gasteiger partial charge < -0.3 is 11.1 Å². The van der Waals surface area contributed by atoms with Crippen molar-refractivity contribution in [2.45, 2.75) is 6.18 Å². The molecule has 15 heteroatoms. The monoisotopic (exact) mass is 527 g/mol. The van der Waals surface area contributed by atoms with Gasteiger partial charge in [0.15, 0.2) is 17.2 Å². The molecule has 0 fully saturated rings. The van der Waals surface area contributed by atoms with E-state index in [9.17, 15) is 22.8 Å². The van der Waals surface area contributed by atoms with E-state index in [0.29, 0.717) is 15.6 Å². The summed E-state index contributed by atoms with van der Waals surface area (Å²) >= 11 is 6.20. The van der Waals surface area contributed by atoms with Crippen molar-refractivity contribution in [3.05, 3.63) is 83.2 Å². The molecule has 5 rings (SSSR count). The zero-order valence-corrected chi connectivity index (χ0v) is 19.1. The Bertz CT molecular complexity index is 1670. The summed E-state index contributed by atoms with van der Waals surface area (Å²) in [6.07, 6.45) is -0.223. The molecule has 0 aliphatic rings. The maximum absolute atomic E-state index is 14.2. The van der Waals surface area contributed by atoms with E-state index < -0.39 is 29.2 Å². The quantitative estimate of drug-likeness (QED) is 0.356. The van der Waals surface area contributed by atoms with Gasteiger partial charge in [-0.3, -0.25) is 14.6 Å². The summed E-state index contributed by atoms with van der Waals surface area (Å²) in [7, 11) is 0. The second-order valence-corrected chi connectivity index (χ2v) is 7.97. The van der Waals surface area contributed by atoms with Gasteiger partial charge in [0, 0.05) is 11.6 Å². The van der Waals surface area contributed by atoms with Crippen molar-refractivity contribution in [1.82, 2.24) is 34.7 Å². The van der Waals surface area contributed by atoms with Crippen molar-refractivity contribution in [2.24, 2.45) is 5.73 Å². The molecule has 0 saturated carbocycles. The van der Waals surface area contributed by atoms with E-state index in [1.807, 2.05) is 0 Å². The highest BCUT2D eigenvalue weighted by atomic mass is 35.5. The van der Waals surface area contributed by atoms with Crippen molar-refractivity contribution >= 4 is 40.0 Å². The number of amides is 2. The summed E-state index contributed by atoms with van der Waals surface area (Å²) in [5.41, 5.74) is 3.61. The second kappa shape index (κ2) is 8.98. The number of primary amides is 1. The third kappa shape index (κ3) is 4.45. The molecule has 0 atom stereocenters. The lowest BCUT2D eigenvalue weighted by molar-refractivity contribution is -0.143. The molecule has 37 heavy (non-hydrogen) atoms. The molecule has 186 valence electrons. The standard InChI is InChI=1S/C22H13ClF3N9O2/c23-14-7-11(8-29-20(14)34-10-16(19(27)36)32-33-34)31-21(37)13-9-30-35(18(13)22(24,25)26)17-5-1-4-15-12(17)3-2-6-28-15/h1-10H,(H2,27,36)(H,31,37). The van der Waals surface area contributed by atoms with Gasteiger partial charge in [-0.2, -0.15) is 18.3 Å². The maximum Gasteiger partial charge on any atom is 0.434 e. The Hall–Kier alpha value is -4.85. The Balaban J connectivity index is 1.49. The lowest BCUT2D eigenvalue weighted by Gasteiger charge is -2.14. The normalized spacial score (nSPS) is 11.6. The fourth-order valence-electron chi connectivity index (χ4n) is 3.59. The van der Waals surface area contributed by atoms with E-state index in [4.69, 9.17) is 17.3 Å². The summed E-state index contributed by atoms with van der Waals surface area (Å²) in [5, 5.41) is 13.9. The molecule has 3 N–H and O–H groups in total. The highest BCUT2D eigenvalue weighted by Crippen LogP contribution is 2.35. The minimum Gasteiger partial charge on any atom is -0.364 e. The Morgan fingerprint density at radius 3 is 2.59 bits per heavy atom. The lowest BCUT2D eigenvalue weighted by atomic mass is 10.1. The number of rotatable bonds is 5. The van der Waals surface area contributed by atoms with Crippen LogP contribution in [-0.2, 0) is 6.18 Å². The molecule has 4 aromatic heterocycles. The maximum atomic E-state index is 14.2. The molecule has 0 aliphatic heterocycles. The lowest BCUT2D eigenvalue weighted by Crippen LogP contribution is -2.21. The molecule has 0 aliphatic carbocycles. The highest BCUT2D eigenvalue weighted by Gasteiger charge is 2.41. The minimum absolute atomic E-state index is 0.00391. The third-order valence-corrected chi connectivity index (χ3v) is 5.45. The number of anilines is 1. The molecule has 2 amide bonds. The van der Waals surface area contributed by atoms with Crippen LogP contribution in [0.4, 0.5) is 18.9 Å². The van der Waals surface area contributed by atoms with Gasteiger partial charge in [0.1, 0.15) is 0 Å². The van der Waals surface area contributed by atoms with Crippen LogP contribution in [-0.4, -0.2) is 46.6 Å². The first-order valence-corrected chi connectivity index (χ1v) is 10.7. The number of benzene rings is 1. The van der Waals surface area contributed by atoms with E-state index in [0.717, 1.165) is 17.1 Å². The van der Waals surface area contributed by atoms with E-state index in [1.54, 1.807) is 24.3 Å². The Morgan fingerprint density at radius 1 is 1.08 bits per heavy atom. The van der Waals surface area contributed by atoms with E-state index in [2.05, 4.69) is 30.7 Å². The molecule has 0 bridgehead atoms. The van der Waals surface area contributed by atoms with Crippen LogP contribution in [0.3, 0.4) is 0 Å². The number of nitrogens with zero attached hydrogens (tertiary/aromatic N) is 7. The molecule has 11 nitrogen and oxygen atoms in total. The van der Waals surface area contributed by atoms with Crippen LogP contribution in [0.1, 0.15) is 26.5 Å². The van der Waals surface area contributed by atoms with E-state index in [-0.39, 0.29) is 27.9 Å². The fourth-order valence-corrected chi connectivity index (χ4v) is 3.84. The van der Waals surface area contributed by atoms with Crippen molar-refractivity contribution < 1.29 is 22.8 Å². The molecular weight excluding hydrogens is 515 g/mol. The largest absolute Gasteiger partial charge is 0.434 e. The Morgan fingerprint density at radius 2 is 1.89 bits per heavy atom. The van der Waals surface area contributed by atoms with Crippen LogP contribution >= 0.6 is 11.6 Å². The number of hydrogen-bond donors (Lipinski definition) is 2. The van der Waals surface area contributed by atoms with Crippen molar-refractivity contribution in [2.75, 3.05) is 5.32 Å². The smallest absolute Gasteiger partial charge is 0.364 e. The molecule has 0 radical (unpaired) electrons. The molecular formula is C22H13ClF3N9O2. The minimum atomic E-state index is -4.92. The summed E-state index contributed by atoms with van der Waals surface area (Å²) in [6, 6.07) is 9.09. The Kier molecular flexibility index (Phi) is 5.79. The van der Waals surface area contributed by atoms with Gasteiger partial charge in [-0.25, -0.2) is 14.3 Å². The summed E-state index contributed by atoms with van der Waals surface area (Å²) in [6.45, 7) is 0. The number of nitrogens with one attached hydrogen (secondary N) is 1. The van der Waals surface area contributed by atoms with Gasteiger partial charge in [-0.1, -0.05) is 22.9 Å². The molecule has 0 spiro atoms. The van der Waals surface area contributed by atoms with Crippen molar-refractivity contribution in [1.29, 1.82) is 0 Å². The first-order valence-electron chi connectivity index (χ1n) is 10.3. The van der Waals surface area contributed by atoms with E-state index >= 15 is 0 Å². The average molecular weight is 528 g/mol. The predicted octanol–water partition coefficient (Wildman–Crippen LogP) is 3.42. The average Bonchev–Trinajstić information content (AvgIpc) is 3.52. The van der Waals surface area contributed by atoms with Gasteiger partial charge in [-0.05, 0) is 30.3 Å². The number of pyridine rings is 2. The highest BCUT2D eigenvalue weighted by molar-refractivity contribution is 6.32. The van der Waals surface area contributed by atoms with Gasteiger partial charge in [0.05, 0.1) is 46.1 Å². The topological polar surface area (TPSA) is 146 Å². The summed E-state index contributed by atoms with van der Waals surface area (Å²) in [4.78, 5) is 32.3. The predicted molar refractivity (Wildman–Crippen MR) is 125 cm³/mol. The number of aromatic nitrogens is 7. The van der Waals surface area contributed by atoms with Gasteiger partial charge in [-0.15, -0.1) is 5.10 Å². The number of hydrogen-bond acceptors (Lipinski definition) is 7. The summed E-state index contributed by atoms with van der Waals surface area (Å²) < 4.78 is 44.2. The second-order valence-electron chi connectivity index (χ2n) is 7.56. The number of nitrogens with two attached hydrogens (primary N) is 1. The Labute approximate surface area is 209 Å². The third-order valence-electron chi connectivity index (χ3n) is 5.18. The van der Waals surface area contributed by atoms with E-state index in [1.165, 1.54) is 24.5 Å². The molecule has 5 aromatic rings. The van der Waals surface area contributed by atoms with Crippen LogP contribution in [0.2, 0.25) is 5.02 Å². The van der Waals surface area contributed by atoms with Crippen LogP contribution in [0.5, 0.6) is 0 Å². The van der Waals surface area contributed by atoms with Crippen LogP contribution < -0.4 is 11.1 Å². The molecule has 4 heterocycles. The zero-order chi connectivity index (χ0) is 26.3. The van der Waals surface area contributed by atoms with Crippen LogP contribution in [0, 0.1) is 0 Å². The zero-order valence-electron chi connectivity index (χ0n) is 18.3. The number of halogens is 4. The molecule has 0 saturated heterocycles. The fraction of sp³-hybridized carbons (Fsp3) is 0.0455. The number of fused-ring (bicyclic) bond motifs is 1. The first kappa shape index (κ1) is 23.9. The summed E-state index contributed by atoms with van der Waals surface area (Å²) in [5.74, 6) is -1.85. The molecule has 0 unspecified atom stereocenters. The van der Waals surface area contributed by atoms with Crippen LogP contribution in [0.15, 0.2) is 61.2 Å². The van der Waals surface area contributed by atoms with Crippen molar-refractivity contribution in [3.8, 4) is 11.5 Å². The van der Waals surface area contributed by atoms with Gasteiger partial charge in [0.2, 0.25) is 0 Å². The first-order chi connectivity index (χ1) is 17.6. The SMILES string of the molecule is NC(=O)c1cn(-c2ncc(NC(=O)c3cnn(-c4cccc5ncccc45)c3C(F)(F)F)cc2Cl)nn1. The van der Waals surface area contributed by atoms with Crippen molar-refractivity contribution in [3.63, 3.8) is 0 Å². The number of alkyl halides is 3. The molecule has 1 aromatic carbocycles. The van der Waals surface area contributed by atoms with Gasteiger partial charge in [0.25, 0.3) is 11.8 Å². The number of carbonyl (C=O) groups is 2. The van der Waals surface area contributed by atoms with Gasteiger partial charge >= 0.3 is 6.18 Å².